The number of nitrogens with zero attached hydrogens (tertiary/aromatic N) is 4. The van der Waals surface area contributed by atoms with Gasteiger partial charge in [0.1, 0.15) is 5.01 Å². The Balaban J connectivity index is 2.37. The van der Waals surface area contributed by atoms with Gasteiger partial charge in [0.2, 0.25) is 5.13 Å². The number of hydrogen-bond acceptors (Lipinski definition) is 7. The first-order chi connectivity index (χ1) is 9.32. The lowest BCUT2D eigenvalue weighted by atomic mass is 10.3. The van der Waals surface area contributed by atoms with Crippen LogP contribution in [0.15, 0.2) is 29.2 Å². The lowest BCUT2D eigenvalue weighted by Crippen LogP contribution is -2.26. The SMILES string of the molecule is Cc1nnc(N(C)S(=O)(=O)c2ccc([N+](=O)[O-])cc2)s1. The highest BCUT2D eigenvalue weighted by Crippen LogP contribution is 2.25. The number of sulfonamides is 1. The molecule has 20 heavy (non-hydrogen) atoms. The minimum Gasteiger partial charge on any atom is -0.258 e. The molecule has 0 aliphatic rings. The monoisotopic (exact) mass is 314 g/mol. The van der Waals surface area contributed by atoms with E-state index in [1.807, 2.05) is 0 Å². The fraction of sp³-hybridized carbons (Fsp3) is 0.200. The summed E-state index contributed by atoms with van der Waals surface area (Å²) in [4.78, 5) is 9.92. The summed E-state index contributed by atoms with van der Waals surface area (Å²) in [5.74, 6) is 0. The highest BCUT2D eigenvalue weighted by molar-refractivity contribution is 7.93. The van der Waals surface area contributed by atoms with Crippen LogP contribution in [-0.2, 0) is 10.0 Å². The van der Waals surface area contributed by atoms with Gasteiger partial charge in [-0.3, -0.25) is 10.1 Å². The summed E-state index contributed by atoms with van der Waals surface area (Å²) in [6.07, 6.45) is 0. The number of nitro benzene ring substituents is 1. The van der Waals surface area contributed by atoms with Gasteiger partial charge in [-0.1, -0.05) is 11.3 Å². The molecular weight excluding hydrogens is 304 g/mol. The minimum atomic E-state index is -3.80. The average molecular weight is 314 g/mol. The molecule has 1 heterocycles. The number of non-ortho nitro benzene ring substituents is 1. The highest BCUT2D eigenvalue weighted by Gasteiger charge is 2.24. The van der Waals surface area contributed by atoms with Crippen LogP contribution in [0.1, 0.15) is 5.01 Å². The third-order valence-corrected chi connectivity index (χ3v) is 5.28. The van der Waals surface area contributed by atoms with E-state index in [1.54, 1.807) is 6.92 Å². The van der Waals surface area contributed by atoms with E-state index in [4.69, 9.17) is 0 Å². The van der Waals surface area contributed by atoms with Crippen molar-refractivity contribution >= 4 is 32.2 Å². The topological polar surface area (TPSA) is 106 Å². The summed E-state index contributed by atoms with van der Waals surface area (Å²) in [6.45, 7) is 1.72. The van der Waals surface area contributed by atoms with Crippen molar-refractivity contribution in [1.29, 1.82) is 0 Å². The number of anilines is 1. The molecule has 0 unspecified atom stereocenters. The van der Waals surface area contributed by atoms with Gasteiger partial charge in [-0.15, -0.1) is 10.2 Å². The first kappa shape index (κ1) is 14.3. The summed E-state index contributed by atoms with van der Waals surface area (Å²) in [6, 6.07) is 4.67. The van der Waals surface area contributed by atoms with Gasteiger partial charge in [0.25, 0.3) is 15.7 Å². The highest BCUT2D eigenvalue weighted by atomic mass is 32.2. The van der Waals surface area contributed by atoms with Crippen LogP contribution >= 0.6 is 11.3 Å². The summed E-state index contributed by atoms with van der Waals surface area (Å²) in [5.41, 5.74) is -0.168. The van der Waals surface area contributed by atoms with Crippen molar-refractivity contribution in [3.63, 3.8) is 0 Å². The van der Waals surface area contributed by atoms with Crippen molar-refractivity contribution in [3.8, 4) is 0 Å². The first-order valence-electron chi connectivity index (χ1n) is 5.36. The fourth-order valence-electron chi connectivity index (χ4n) is 1.41. The number of rotatable bonds is 4. The van der Waals surface area contributed by atoms with E-state index in [0.29, 0.717) is 5.01 Å². The van der Waals surface area contributed by atoms with Gasteiger partial charge in [-0.25, -0.2) is 12.7 Å². The molecular formula is C10H10N4O4S2. The van der Waals surface area contributed by atoms with E-state index >= 15 is 0 Å². The molecule has 2 aromatic rings. The normalized spacial score (nSPS) is 11.3. The number of aryl methyl sites for hydroxylation is 1. The van der Waals surface area contributed by atoms with Crippen molar-refractivity contribution in [2.45, 2.75) is 11.8 Å². The van der Waals surface area contributed by atoms with Gasteiger partial charge in [0.15, 0.2) is 0 Å². The smallest absolute Gasteiger partial charge is 0.258 e. The predicted octanol–water partition coefficient (Wildman–Crippen LogP) is 1.58. The molecule has 0 N–H and O–H groups in total. The van der Waals surface area contributed by atoms with Crippen LogP contribution in [0.5, 0.6) is 0 Å². The molecule has 2 rings (SSSR count). The third-order valence-electron chi connectivity index (χ3n) is 2.49. The largest absolute Gasteiger partial charge is 0.269 e. The molecule has 8 nitrogen and oxygen atoms in total. The van der Waals surface area contributed by atoms with Crippen LogP contribution in [0.25, 0.3) is 0 Å². The van der Waals surface area contributed by atoms with E-state index in [2.05, 4.69) is 10.2 Å². The Morgan fingerprint density at radius 3 is 2.30 bits per heavy atom. The maximum absolute atomic E-state index is 12.3. The third kappa shape index (κ3) is 2.60. The predicted molar refractivity (Wildman–Crippen MR) is 73.3 cm³/mol. The maximum atomic E-state index is 12.3. The second-order valence-corrected chi connectivity index (χ2v) is 6.96. The zero-order chi connectivity index (χ0) is 14.9. The molecule has 1 aromatic heterocycles. The molecule has 0 aliphatic carbocycles. The average Bonchev–Trinajstić information content (AvgIpc) is 2.84. The van der Waals surface area contributed by atoms with E-state index in [-0.39, 0.29) is 15.7 Å². The molecule has 0 fully saturated rings. The zero-order valence-electron chi connectivity index (χ0n) is 10.5. The standard InChI is InChI=1S/C10H10N4O4S2/c1-7-11-12-10(19-7)13(2)20(17,18)9-5-3-8(4-6-9)14(15)16/h3-6H,1-2H3. The van der Waals surface area contributed by atoms with Crippen LogP contribution < -0.4 is 4.31 Å². The molecule has 0 bridgehead atoms. The molecule has 0 atom stereocenters. The van der Waals surface area contributed by atoms with Crippen LogP contribution in [0.4, 0.5) is 10.8 Å². The van der Waals surface area contributed by atoms with Crippen molar-refractivity contribution in [3.05, 3.63) is 39.4 Å². The van der Waals surface area contributed by atoms with Gasteiger partial charge in [0, 0.05) is 19.2 Å². The first-order valence-corrected chi connectivity index (χ1v) is 7.61. The number of aromatic nitrogens is 2. The maximum Gasteiger partial charge on any atom is 0.269 e. The zero-order valence-corrected chi connectivity index (χ0v) is 12.2. The Morgan fingerprint density at radius 1 is 1.25 bits per heavy atom. The van der Waals surface area contributed by atoms with Crippen LogP contribution in [0.3, 0.4) is 0 Å². The number of nitro groups is 1. The minimum absolute atomic E-state index is 0.0431. The summed E-state index contributed by atoms with van der Waals surface area (Å²) in [7, 11) is -2.44. The summed E-state index contributed by atoms with van der Waals surface area (Å²) in [5, 5.41) is 18.9. The molecule has 0 saturated heterocycles. The quantitative estimate of drug-likeness (QED) is 0.626. The van der Waals surface area contributed by atoms with Crippen molar-refractivity contribution in [2.75, 3.05) is 11.4 Å². The Kier molecular flexibility index (Phi) is 3.68. The molecule has 0 radical (unpaired) electrons. The molecule has 0 spiro atoms. The molecule has 10 heteroatoms. The van der Waals surface area contributed by atoms with Gasteiger partial charge < -0.3 is 0 Å². The van der Waals surface area contributed by atoms with Gasteiger partial charge in [-0.05, 0) is 19.1 Å². The molecule has 0 aliphatic heterocycles. The Hall–Kier alpha value is -2.07. The second-order valence-electron chi connectivity index (χ2n) is 3.83. The Labute approximate surface area is 118 Å². The number of benzene rings is 1. The van der Waals surface area contributed by atoms with E-state index in [9.17, 15) is 18.5 Å². The van der Waals surface area contributed by atoms with Gasteiger partial charge >= 0.3 is 0 Å². The van der Waals surface area contributed by atoms with E-state index < -0.39 is 14.9 Å². The lowest BCUT2D eigenvalue weighted by Gasteiger charge is -2.15. The fourth-order valence-corrected chi connectivity index (χ4v) is 3.41. The summed E-state index contributed by atoms with van der Waals surface area (Å²) >= 11 is 1.14. The van der Waals surface area contributed by atoms with Gasteiger partial charge in [0.05, 0.1) is 9.82 Å². The second kappa shape index (κ2) is 5.13. The molecule has 0 amide bonds. The van der Waals surface area contributed by atoms with E-state index in [1.165, 1.54) is 19.2 Å². The van der Waals surface area contributed by atoms with E-state index in [0.717, 1.165) is 27.8 Å². The Morgan fingerprint density at radius 2 is 1.85 bits per heavy atom. The molecule has 0 saturated carbocycles. The van der Waals surface area contributed by atoms with Crippen LogP contribution in [0, 0.1) is 17.0 Å². The van der Waals surface area contributed by atoms with Crippen molar-refractivity contribution in [2.24, 2.45) is 0 Å². The Bertz CT molecular complexity index is 739. The number of hydrogen-bond donors (Lipinski definition) is 0. The van der Waals surface area contributed by atoms with Crippen LogP contribution in [0.2, 0.25) is 0 Å². The van der Waals surface area contributed by atoms with Crippen molar-refractivity contribution < 1.29 is 13.3 Å². The molecule has 106 valence electrons. The van der Waals surface area contributed by atoms with Crippen molar-refractivity contribution in [1.82, 2.24) is 10.2 Å². The summed E-state index contributed by atoms with van der Waals surface area (Å²) < 4.78 is 25.6. The van der Waals surface area contributed by atoms with Crippen LogP contribution in [-0.4, -0.2) is 30.6 Å². The molecule has 1 aromatic carbocycles. The van der Waals surface area contributed by atoms with Gasteiger partial charge in [-0.2, -0.15) is 0 Å². The lowest BCUT2D eigenvalue weighted by molar-refractivity contribution is -0.384.